The number of methoxy groups -OCH3 is 1. The van der Waals surface area contributed by atoms with Crippen LogP contribution in [0.3, 0.4) is 0 Å². The molecule has 3 aromatic rings. The van der Waals surface area contributed by atoms with Gasteiger partial charge in [-0.2, -0.15) is 5.10 Å². The lowest BCUT2D eigenvalue weighted by Gasteiger charge is -2.20. The molecule has 2 heterocycles. The highest BCUT2D eigenvalue weighted by atomic mass is 16.5. The van der Waals surface area contributed by atoms with E-state index in [1.54, 1.807) is 12.0 Å². The largest absolute Gasteiger partial charge is 0.497 e. The predicted molar refractivity (Wildman–Crippen MR) is 116 cm³/mol. The zero-order valence-electron chi connectivity index (χ0n) is 17.5. The molecule has 0 spiro atoms. The van der Waals surface area contributed by atoms with E-state index in [0.29, 0.717) is 24.3 Å². The molecule has 4 rings (SSSR count). The predicted octanol–water partition coefficient (Wildman–Crippen LogP) is 3.86. The Bertz CT molecular complexity index is 994. The van der Waals surface area contributed by atoms with Crippen LogP contribution in [0.15, 0.2) is 60.8 Å². The summed E-state index contributed by atoms with van der Waals surface area (Å²) in [5.41, 5.74) is 3.23. The Balaban J connectivity index is 1.66. The lowest BCUT2D eigenvalue weighted by Crippen LogP contribution is -2.34. The van der Waals surface area contributed by atoms with Crippen LogP contribution in [0.2, 0.25) is 0 Å². The molecule has 0 radical (unpaired) electrons. The number of hydrogen-bond donors (Lipinski definition) is 0. The van der Waals surface area contributed by atoms with Crippen LogP contribution in [-0.2, 0) is 11.3 Å². The summed E-state index contributed by atoms with van der Waals surface area (Å²) in [6, 6.07) is 17.8. The Kier molecular flexibility index (Phi) is 6.14. The van der Waals surface area contributed by atoms with Crippen molar-refractivity contribution in [2.75, 3.05) is 27.3 Å². The molecule has 2 aromatic carbocycles. The number of ether oxygens (including phenoxy) is 2. The molecular weight excluding hydrogens is 378 g/mol. The van der Waals surface area contributed by atoms with E-state index in [2.05, 4.69) is 12.1 Å². The maximum atomic E-state index is 13.3. The molecule has 6 nitrogen and oxygen atoms in total. The summed E-state index contributed by atoms with van der Waals surface area (Å²) in [6.45, 7) is 1.96. The third kappa shape index (κ3) is 4.54. The van der Waals surface area contributed by atoms with Crippen LogP contribution in [0.1, 0.15) is 28.8 Å². The number of benzene rings is 2. The molecule has 1 unspecified atom stereocenters. The molecule has 0 N–H and O–H groups in total. The van der Waals surface area contributed by atoms with E-state index in [0.717, 1.165) is 36.3 Å². The summed E-state index contributed by atoms with van der Waals surface area (Å²) in [5, 5.41) is 4.77. The number of hydrogen-bond acceptors (Lipinski definition) is 4. The molecule has 6 heteroatoms. The molecule has 0 bridgehead atoms. The number of aromatic nitrogens is 2. The minimum absolute atomic E-state index is 0.0531. The van der Waals surface area contributed by atoms with E-state index in [-0.39, 0.29) is 12.0 Å². The minimum atomic E-state index is -0.0531. The van der Waals surface area contributed by atoms with Gasteiger partial charge in [0.05, 0.1) is 25.3 Å². The third-order valence-electron chi connectivity index (χ3n) is 5.37. The lowest BCUT2D eigenvalue weighted by molar-refractivity contribution is 0.0587. The van der Waals surface area contributed by atoms with Crippen molar-refractivity contribution in [2.45, 2.75) is 25.5 Å². The van der Waals surface area contributed by atoms with Crippen molar-refractivity contribution in [1.29, 1.82) is 0 Å². The van der Waals surface area contributed by atoms with Gasteiger partial charge in [-0.15, -0.1) is 0 Å². The van der Waals surface area contributed by atoms with E-state index < -0.39 is 0 Å². The maximum absolute atomic E-state index is 13.3. The second-order valence-corrected chi connectivity index (χ2v) is 7.63. The fourth-order valence-corrected chi connectivity index (χ4v) is 3.80. The van der Waals surface area contributed by atoms with Crippen molar-refractivity contribution in [3.05, 3.63) is 71.9 Å². The first kappa shape index (κ1) is 20.2. The van der Waals surface area contributed by atoms with Gasteiger partial charge in [0.1, 0.15) is 11.4 Å². The van der Waals surface area contributed by atoms with Gasteiger partial charge in [0.25, 0.3) is 5.91 Å². The molecule has 1 aliphatic rings. The summed E-state index contributed by atoms with van der Waals surface area (Å²) in [5.74, 6) is 0.679. The van der Waals surface area contributed by atoms with Crippen molar-refractivity contribution in [1.82, 2.24) is 14.7 Å². The number of likely N-dealkylation sites (N-methyl/N-ethyl adjacent to an activating group) is 1. The van der Waals surface area contributed by atoms with Crippen LogP contribution in [0.5, 0.6) is 5.75 Å². The maximum Gasteiger partial charge on any atom is 0.257 e. The van der Waals surface area contributed by atoms with E-state index in [9.17, 15) is 4.79 Å². The average molecular weight is 405 g/mol. The fourth-order valence-electron chi connectivity index (χ4n) is 3.80. The summed E-state index contributed by atoms with van der Waals surface area (Å²) in [7, 11) is 3.46. The van der Waals surface area contributed by atoms with E-state index in [1.807, 2.05) is 60.4 Å². The standard InChI is InChI=1S/C24H27N3O3/c1-26(16-21-12-7-13-30-21)24(28)22-17-27(15-18-8-4-3-5-9-18)25-23(22)19-10-6-11-20(14-19)29-2/h3-6,8-11,14,17,21H,7,12-13,15-16H2,1-2H3. The molecule has 1 amide bonds. The van der Waals surface area contributed by atoms with Crippen LogP contribution in [0.25, 0.3) is 11.3 Å². The smallest absolute Gasteiger partial charge is 0.257 e. The van der Waals surface area contributed by atoms with Crippen molar-refractivity contribution < 1.29 is 14.3 Å². The molecule has 1 fully saturated rings. The van der Waals surface area contributed by atoms with Gasteiger partial charge in [0, 0.05) is 32.0 Å². The van der Waals surface area contributed by atoms with Crippen LogP contribution in [-0.4, -0.2) is 54.0 Å². The Morgan fingerprint density at radius 1 is 1.23 bits per heavy atom. The van der Waals surface area contributed by atoms with Gasteiger partial charge in [0.2, 0.25) is 0 Å². The first-order valence-corrected chi connectivity index (χ1v) is 10.3. The zero-order valence-corrected chi connectivity index (χ0v) is 17.5. The normalized spacial score (nSPS) is 15.9. The number of nitrogens with zero attached hydrogens (tertiary/aromatic N) is 3. The molecular formula is C24H27N3O3. The first-order chi connectivity index (χ1) is 14.6. The van der Waals surface area contributed by atoms with E-state index in [1.165, 1.54) is 0 Å². The zero-order chi connectivity index (χ0) is 20.9. The van der Waals surface area contributed by atoms with Gasteiger partial charge < -0.3 is 14.4 Å². The molecule has 1 atom stereocenters. The number of carbonyl (C=O) groups is 1. The molecule has 0 saturated carbocycles. The van der Waals surface area contributed by atoms with Gasteiger partial charge in [-0.1, -0.05) is 42.5 Å². The van der Waals surface area contributed by atoms with Gasteiger partial charge in [-0.3, -0.25) is 9.48 Å². The molecule has 1 saturated heterocycles. The van der Waals surface area contributed by atoms with Crippen molar-refractivity contribution in [3.63, 3.8) is 0 Å². The SMILES string of the molecule is COc1cccc(-c2nn(Cc3ccccc3)cc2C(=O)N(C)CC2CCCO2)c1. The Morgan fingerprint density at radius 2 is 2.07 bits per heavy atom. The van der Waals surface area contributed by atoms with Crippen molar-refractivity contribution >= 4 is 5.91 Å². The molecule has 1 aromatic heterocycles. The summed E-state index contributed by atoms with van der Waals surface area (Å²) in [6.07, 6.45) is 4.00. The molecule has 1 aliphatic heterocycles. The van der Waals surface area contributed by atoms with Crippen molar-refractivity contribution in [3.8, 4) is 17.0 Å². The van der Waals surface area contributed by atoms with Gasteiger partial charge in [-0.05, 0) is 30.5 Å². The van der Waals surface area contributed by atoms with Crippen LogP contribution < -0.4 is 4.74 Å². The first-order valence-electron chi connectivity index (χ1n) is 10.3. The minimum Gasteiger partial charge on any atom is -0.497 e. The summed E-state index contributed by atoms with van der Waals surface area (Å²) < 4.78 is 12.9. The topological polar surface area (TPSA) is 56.6 Å². The fraction of sp³-hybridized carbons (Fsp3) is 0.333. The molecule has 0 aliphatic carbocycles. The lowest BCUT2D eigenvalue weighted by atomic mass is 10.1. The average Bonchev–Trinajstić information content (AvgIpc) is 3.44. The summed E-state index contributed by atoms with van der Waals surface area (Å²) >= 11 is 0. The number of amides is 1. The summed E-state index contributed by atoms with van der Waals surface area (Å²) in [4.78, 5) is 15.1. The number of rotatable bonds is 7. The van der Waals surface area contributed by atoms with Gasteiger partial charge in [-0.25, -0.2) is 0 Å². The second-order valence-electron chi connectivity index (χ2n) is 7.63. The van der Waals surface area contributed by atoms with Crippen LogP contribution in [0, 0.1) is 0 Å². The monoisotopic (exact) mass is 405 g/mol. The van der Waals surface area contributed by atoms with Gasteiger partial charge in [0.15, 0.2) is 0 Å². The van der Waals surface area contributed by atoms with Crippen LogP contribution >= 0.6 is 0 Å². The highest BCUT2D eigenvalue weighted by Crippen LogP contribution is 2.27. The van der Waals surface area contributed by atoms with Crippen LogP contribution in [0.4, 0.5) is 0 Å². The van der Waals surface area contributed by atoms with Gasteiger partial charge >= 0.3 is 0 Å². The number of carbonyl (C=O) groups excluding carboxylic acids is 1. The van der Waals surface area contributed by atoms with E-state index >= 15 is 0 Å². The highest BCUT2D eigenvalue weighted by Gasteiger charge is 2.25. The molecule has 156 valence electrons. The quantitative estimate of drug-likeness (QED) is 0.599. The Morgan fingerprint density at radius 3 is 2.80 bits per heavy atom. The Labute approximate surface area is 177 Å². The molecule has 30 heavy (non-hydrogen) atoms. The van der Waals surface area contributed by atoms with E-state index in [4.69, 9.17) is 14.6 Å². The van der Waals surface area contributed by atoms with Crippen molar-refractivity contribution in [2.24, 2.45) is 0 Å². The second kappa shape index (κ2) is 9.13. The third-order valence-corrected chi connectivity index (χ3v) is 5.37. The highest BCUT2D eigenvalue weighted by molar-refractivity contribution is 5.99. The Hall–Kier alpha value is -3.12.